The van der Waals surface area contributed by atoms with Crippen molar-refractivity contribution in [1.82, 2.24) is 45.8 Å². The van der Waals surface area contributed by atoms with Gasteiger partial charge in [0.05, 0.1) is 26.2 Å². The van der Waals surface area contributed by atoms with E-state index in [4.69, 9.17) is 4.74 Å². The van der Waals surface area contributed by atoms with E-state index in [-0.39, 0.29) is 134 Å². The number of benzene rings is 2. The average molecular weight is 1260 g/mol. The zero-order valence-corrected chi connectivity index (χ0v) is 47.2. The molecule has 0 unspecified atom stereocenters. The van der Waals surface area contributed by atoms with Crippen LogP contribution in [0.4, 0.5) is 4.79 Å². The predicted octanol–water partition coefficient (Wildman–Crippen LogP) is 2.76. The first-order valence-corrected chi connectivity index (χ1v) is 27.5. The molecule has 3 rings (SSSR count). The Bertz CT molecular complexity index is 2250. The number of carboxylic acids is 4. The van der Waals surface area contributed by atoms with E-state index in [0.29, 0.717) is 68.3 Å². The van der Waals surface area contributed by atoms with Gasteiger partial charge in [0.1, 0.15) is 11.8 Å². The van der Waals surface area contributed by atoms with Crippen LogP contribution in [0.2, 0.25) is 0 Å². The molecule has 24 nitrogen and oxygen atoms in total. The number of nitrogens with one attached hydrogen (secondary N) is 4. The van der Waals surface area contributed by atoms with Crippen LogP contribution in [0.5, 0.6) is 0 Å². The van der Waals surface area contributed by atoms with Crippen molar-refractivity contribution in [2.75, 3.05) is 98.2 Å². The lowest BCUT2D eigenvalue weighted by molar-refractivity contribution is -0.140. The second kappa shape index (κ2) is 36.3. The molecular weight excluding hydrogens is 1180 g/mol. The molecule has 2 aromatic carbocycles. The molecule has 1 fully saturated rings. The van der Waals surface area contributed by atoms with Crippen LogP contribution in [-0.4, -0.2) is 215 Å². The Balaban J connectivity index is 1.49. The van der Waals surface area contributed by atoms with Crippen molar-refractivity contribution in [1.29, 1.82) is 0 Å². The predicted molar refractivity (Wildman–Crippen MR) is 293 cm³/mol. The fourth-order valence-corrected chi connectivity index (χ4v) is 9.22. The van der Waals surface area contributed by atoms with Gasteiger partial charge in [0.15, 0.2) is 6.23 Å². The van der Waals surface area contributed by atoms with E-state index < -0.39 is 54.0 Å². The number of Topliss-reactive ketones (excluding diaryl/α,β-unsaturated/α-hetero) is 1. The molecule has 8 N–H and O–H groups in total. The van der Waals surface area contributed by atoms with Gasteiger partial charge in [-0.3, -0.25) is 58.0 Å². The quantitative estimate of drug-likeness (QED) is 0.0220. The second-order valence-corrected chi connectivity index (χ2v) is 20.7. The third-order valence-electron chi connectivity index (χ3n) is 12.3. The lowest BCUT2D eigenvalue weighted by Gasteiger charge is -2.32. The van der Waals surface area contributed by atoms with Gasteiger partial charge in [0.25, 0.3) is 18.3 Å². The van der Waals surface area contributed by atoms with E-state index in [1.165, 1.54) is 6.07 Å². The SMILES string of the molecule is CCC[C@H](NC(=O)N[C@@H](CCCCN(Cc1ccc(Br)cc1)C(=O)CCCCNC(=O)c1cc([125I])cc(C(=O)NCCCC(=O)CN2CCN(CC(=O)O)CCN(CC(=O)O)CCN(CC(=O)O)CC2)c1)OC=O)C(=O)O. The first kappa shape index (κ1) is 65.5. The van der Waals surface area contributed by atoms with Gasteiger partial charge in [-0.25, -0.2) is 9.59 Å². The normalized spacial score (nSPS) is 14.8. The number of halogens is 2. The highest BCUT2D eigenvalue weighted by molar-refractivity contribution is 14.1. The number of amides is 5. The molecule has 1 heterocycles. The van der Waals surface area contributed by atoms with Crippen molar-refractivity contribution in [2.45, 2.75) is 89.9 Å². The van der Waals surface area contributed by atoms with Crippen molar-refractivity contribution < 1.29 is 73.1 Å². The Morgan fingerprint density at radius 2 is 1.17 bits per heavy atom. The van der Waals surface area contributed by atoms with Crippen LogP contribution in [0.15, 0.2) is 46.9 Å². The molecule has 1 aliphatic rings. The standard InChI is InChI=1S/C51H73BrIN9O15/c1-2-8-42(50(74)75)56-51(76)57-43(77-35-63)10-4-6-18-62(30-36-12-14-39(52)15-13-36)44(65)11-3-5-16-54-48(72)37-27-38(29-40(53)28-37)49(73)55-17-7-9-41(64)31-58-19-21-59(32-45(66)67)23-25-61(34-47(70)71)26-24-60(22-20-58)33-46(68)69/h12-15,27-29,35,42-43H,2-11,16-26,30-34H2,1H3,(H,54,72)(H,55,73)(H,66,67)(H,68,69)(H,70,71)(H,74,75)(H2,56,57,76)/t42-,43+/m0/s1/i53-2. The Hall–Kier alpha value is -5.81. The summed E-state index contributed by atoms with van der Waals surface area (Å²) in [5.74, 6) is -5.42. The molecule has 0 radical (unpaired) electrons. The van der Waals surface area contributed by atoms with Crippen molar-refractivity contribution in [3.63, 3.8) is 0 Å². The van der Waals surface area contributed by atoms with Crippen LogP contribution in [0.3, 0.4) is 0 Å². The summed E-state index contributed by atoms with van der Waals surface area (Å²) in [6.45, 7) is 4.47. The maximum Gasteiger partial charge on any atom is 0.326 e. The molecule has 2 aromatic rings. The van der Waals surface area contributed by atoms with Crippen molar-refractivity contribution >= 4 is 98.4 Å². The van der Waals surface area contributed by atoms with Gasteiger partial charge in [0.2, 0.25) is 5.91 Å². The second-order valence-electron chi connectivity index (χ2n) is 18.6. The van der Waals surface area contributed by atoms with E-state index in [1.807, 2.05) is 51.8 Å². The van der Waals surface area contributed by atoms with Gasteiger partial charge >= 0.3 is 29.9 Å². The molecule has 2 atom stereocenters. The molecular formula is C51H73BrIN9O15. The minimum atomic E-state index is -1.18. The Labute approximate surface area is 470 Å². The number of unbranched alkanes of at least 4 members (excludes halogenated alkanes) is 2. The Morgan fingerprint density at radius 1 is 0.662 bits per heavy atom. The van der Waals surface area contributed by atoms with Gasteiger partial charge in [-0.2, -0.15) is 0 Å². The molecule has 0 aliphatic carbocycles. The smallest absolute Gasteiger partial charge is 0.326 e. The summed E-state index contributed by atoms with van der Waals surface area (Å²) in [7, 11) is 0. The van der Waals surface area contributed by atoms with E-state index in [9.17, 15) is 68.4 Å². The molecule has 77 heavy (non-hydrogen) atoms. The van der Waals surface area contributed by atoms with Crippen LogP contribution in [0.1, 0.15) is 97.4 Å². The minimum Gasteiger partial charge on any atom is -0.480 e. The van der Waals surface area contributed by atoms with E-state index in [0.717, 1.165) is 10.0 Å². The molecule has 0 spiro atoms. The van der Waals surface area contributed by atoms with E-state index in [2.05, 4.69) is 37.2 Å². The van der Waals surface area contributed by atoms with E-state index in [1.54, 1.807) is 38.7 Å². The lowest BCUT2D eigenvalue weighted by Crippen LogP contribution is -2.49. The van der Waals surface area contributed by atoms with Crippen LogP contribution >= 0.6 is 38.5 Å². The molecule has 1 saturated heterocycles. The number of hydrogen-bond donors (Lipinski definition) is 8. The molecule has 5 amide bonds. The summed E-state index contributed by atoms with van der Waals surface area (Å²) >= 11 is 5.45. The largest absolute Gasteiger partial charge is 0.480 e. The first-order chi connectivity index (χ1) is 36.7. The fraction of sp³-hybridized carbons (Fsp3) is 0.569. The molecule has 0 aromatic heterocycles. The molecule has 26 heteroatoms. The average Bonchev–Trinajstić information content (AvgIpc) is 3.36. The summed E-state index contributed by atoms with van der Waals surface area (Å²) in [6.07, 6.45) is 2.50. The molecule has 0 saturated carbocycles. The lowest BCUT2D eigenvalue weighted by atomic mass is 10.1. The van der Waals surface area contributed by atoms with Crippen LogP contribution < -0.4 is 21.3 Å². The number of ether oxygens (including phenoxy) is 1. The number of rotatable bonds is 33. The Morgan fingerprint density at radius 3 is 1.65 bits per heavy atom. The van der Waals surface area contributed by atoms with Crippen molar-refractivity contribution in [2.24, 2.45) is 0 Å². The monoisotopic (exact) mass is 1260 g/mol. The fourth-order valence-electron chi connectivity index (χ4n) is 8.29. The summed E-state index contributed by atoms with van der Waals surface area (Å²) in [5.41, 5.74) is 1.42. The molecule has 1 aliphatic heterocycles. The number of carboxylic acid groups (broad SMARTS) is 4. The van der Waals surface area contributed by atoms with Crippen LogP contribution in [0, 0.1) is 3.57 Å². The highest BCUT2D eigenvalue weighted by Crippen LogP contribution is 2.17. The van der Waals surface area contributed by atoms with Crippen LogP contribution in [-0.2, 0) is 44.8 Å². The van der Waals surface area contributed by atoms with Gasteiger partial charge in [0, 0.05) is 117 Å². The van der Waals surface area contributed by atoms with Crippen LogP contribution in [0.25, 0.3) is 0 Å². The third kappa shape index (κ3) is 27.9. The highest BCUT2D eigenvalue weighted by atomic mass is 125. The topological polar surface area (TPSA) is 325 Å². The highest BCUT2D eigenvalue weighted by Gasteiger charge is 2.24. The number of hydrogen-bond acceptors (Lipinski definition) is 15. The van der Waals surface area contributed by atoms with Crippen molar-refractivity contribution in [3.8, 4) is 0 Å². The summed E-state index contributed by atoms with van der Waals surface area (Å²) in [6, 6.07) is 10.4. The number of urea groups is 1. The zero-order chi connectivity index (χ0) is 56.7. The maximum absolute atomic E-state index is 13.6. The minimum absolute atomic E-state index is 0.0172. The van der Waals surface area contributed by atoms with E-state index >= 15 is 0 Å². The number of carbonyl (C=O) groups is 10. The van der Waals surface area contributed by atoms with Gasteiger partial charge in [-0.15, -0.1) is 0 Å². The molecule has 0 bridgehead atoms. The maximum atomic E-state index is 13.6. The zero-order valence-electron chi connectivity index (χ0n) is 43.4. The number of ketones is 1. The number of carbonyl (C=O) groups excluding carboxylic acids is 6. The first-order valence-electron chi connectivity index (χ1n) is 25.6. The molecule has 426 valence electrons. The third-order valence-corrected chi connectivity index (χ3v) is 13.5. The van der Waals surface area contributed by atoms with Gasteiger partial charge < -0.3 is 51.3 Å². The Kier molecular flexibility index (Phi) is 30.9. The number of nitrogens with zero attached hydrogens (tertiary/aromatic N) is 5. The van der Waals surface area contributed by atoms with Gasteiger partial charge in [-0.05, 0) is 97.0 Å². The summed E-state index contributed by atoms with van der Waals surface area (Å²) in [4.78, 5) is 132. The summed E-state index contributed by atoms with van der Waals surface area (Å²) in [5, 5.41) is 48.3. The van der Waals surface area contributed by atoms with Crippen molar-refractivity contribution in [3.05, 3.63) is 67.2 Å². The number of aliphatic carboxylic acids is 4. The summed E-state index contributed by atoms with van der Waals surface area (Å²) < 4.78 is 6.55. The van der Waals surface area contributed by atoms with Gasteiger partial charge in [-0.1, -0.05) is 41.4 Å².